The van der Waals surface area contributed by atoms with E-state index in [0.717, 1.165) is 24.5 Å². The van der Waals surface area contributed by atoms with Crippen LogP contribution in [0.3, 0.4) is 0 Å². The van der Waals surface area contributed by atoms with Crippen molar-refractivity contribution in [3.8, 4) is 11.7 Å². The maximum absolute atomic E-state index is 5.93. The van der Waals surface area contributed by atoms with Gasteiger partial charge < -0.3 is 10.5 Å². The number of nitrogens with zero attached hydrogens (tertiary/aromatic N) is 3. The molecular formula is C15H20N4O. The Labute approximate surface area is 118 Å². The maximum atomic E-state index is 5.93. The molecule has 1 aliphatic carbocycles. The van der Waals surface area contributed by atoms with Crippen molar-refractivity contribution >= 4 is 5.69 Å². The molecule has 0 aliphatic heterocycles. The zero-order chi connectivity index (χ0) is 13.9. The summed E-state index contributed by atoms with van der Waals surface area (Å²) in [6.45, 7) is 2.85. The molecule has 2 aromatic heterocycles. The lowest BCUT2D eigenvalue weighted by molar-refractivity contribution is 0.290. The van der Waals surface area contributed by atoms with Crippen LogP contribution in [0.2, 0.25) is 0 Å². The highest BCUT2D eigenvalue weighted by Gasteiger charge is 2.22. The van der Waals surface area contributed by atoms with Crippen molar-refractivity contribution in [2.45, 2.75) is 32.6 Å². The fourth-order valence-corrected chi connectivity index (χ4v) is 2.12. The lowest BCUT2D eigenvalue weighted by Gasteiger charge is -2.11. The molecule has 20 heavy (non-hydrogen) atoms. The standard InChI is InChI=1S/C15H20N4O/c1-2-3-13-17-8-9-19(13)14-7-6-12(16)15(18-14)20-10-11-4-5-11/h6-9,11H,2-5,10,16H2,1H3. The van der Waals surface area contributed by atoms with E-state index >= 15 is 0 Å². The van der Waals surface area contributed by atoms with Crippen molar-refractivity contribution in [1.29, 1.82) is 0 Å². The third-order valence-corrected chi connectivity index (χ3v) is 3.47. The minimum Gasteiger partial charge on any atom is -0.476 e. The first-order chi connectivity index (χ1) is 9.78. The van der Waals surface area contributed by atoms with Crippen LogP contribution in [0.4, 0.5) is 5.69 Å². The lowest BCUT2D eigenvalue weighted by Crippen LogP contribution is -2.07. The van der Waals surface area contributed by atoms with Crippen LogP contribution in [0.25, 0.3) is 5.82 Å². The number of ether oxygens (including phenoxy) is 1. The molecule has 5 heteroatoms. The van der Waals surface area contributed by atoms with Crippen molar-refractivity contribution in [2.75, 3.05) is 12.3 Å². The van der Waals surface area contributed by atoms with Crippen molar-refractivity contribution in [2.24, 2.45) is 5.92 Å². The van der Waals surface area contributed by atoms with Crippen molar-refractivity contribution < 1.29 is 4.74 Å². The van der Waals surface area contributed by atoms with E-state index in [1.54, 1.807) is 6.20 Å². The maximum Gasteiger partial charge on any atom is 0.239 e. The van der Waals surface area contributed by atoms with Crippen molar-refractivity contribution in [3.63, 3.8) is 0 Å². The van der Waals surface area contributed by atoms with E-state index in [1.807, 2.05) is 22.9 Å². The van der Waals surface area contributed by atoms with Gasteiger partial charge in [0.15, 0.2) is 0 Å². The molecule has 0 spiro atoms. The predicted octanol–water partition coefficient (Wildman–Crippen LogP) is 2.59. The van der Waals surface area contributed by atoms with Gasteiger partial charge in [-0.1, -0.05) is 6.92 Å². The van der Waals surface area contributed by atoms with Gasteiger partial charge in [0.1, 0.15) is 11.6 Å². The van der Waals surface area contributed by atoms with Crippen LogP contribution in [-0.2, 0) is 6.42 Å². The highest BCUT2D eigenvalue weighted by Crippen LogP contribution is 2.30. The van der Waals surface area contributed by atoms with Crippen molar-refractivity contribution in [3.05, 3.63) is 30.4 Å². The second-order valence-corrected chi connectivity index (χ2v) is 5.28. The molecule has 0 bridgehead atoms. The Bertz CT molecular complexity index is 589. The van der Waals surface area contributed by atoms with Crippen LogP contribution in [-0.4, -0.2) is 21.1 Å². The van der Waals surface area contributed by atoms with Crippen LogP contribution in [0.5, 0.6) is 5.88 Å². The van der Waals surface area contributed by atoms with E-state index in [4.69, 9.17) is 10.5 Å². The Morgan fingerprint density at radius 2 is 2.25 bits per heavy atom. The Morgan fingerprint density at radius 3 is 3.00 bits per heavy atom. The second-order valence-electron chi connectivity index (χ2n) is 5.28. The third kappa shape index (κ3) is 2.76. The number of aromatic nitrogens is 3. The number of hydrogen-bond acceptors (Lipinski definition) is 4. The quantitative estimate of drug-likeness (QED) is 0.877. The van der Waals surface area contributed by atoms with Crippen LogP contribution in [0.15, 0.2) is 24.5 Å². The molecular weight excluding hydrogens is 252 g/mol. The molecule has 0 radical (unpaired) electrons. The van der Waals surface area contributed by atoms with Gasteiger partial charge >= 0.3 is 0 Å². The van der Waals surface area contributed by atoms with Gasteiger partial charge in [-0.3, -0.25) is 4.57 Å². The molecule has 0 saturated heterocycles. The SMILES string of the molecule is CCCc1nccn1-c1ccc(N)c(OCC2CC2)n1. The summed E-state index contributed by atoms with van der Waals surface area (Å²) in [5.74, 6) is 3.04. The summed E-state index contributed by atoms with van der Waals surface area (Å²) in [5.41, 5.74) is 6.52. The van der Waals surface area contributed by atoms with Gasteiger partial charge in [-0.15, -0.1) is 0 Å². The highest BCUT2D eigenvalue weighted by molar-refractivity contribution is 5.50. The number of nitrogen functional groups attached to an aromatic ring is 1. The molecule has 1 fully saturated rings. The summed E-state index contributed by atoms with van der Waals surface area (Å²) < 4.78 is 7.72. The molecule has 0 atom stereocenters. The molecule has 106 valence electrons. The Hall–Kier alpha value is -2.04. The van der Waals surface area contributed by atoms with Crippen LogP contribution < -0.4 is 10.5 Å². The van der Waals surface area contributed by atoms with Gasteiger partial charge in [0.2, 0.25) is 5.88 Å². The Morgan fingerprint density at radius 1 is 1.40 bits per heavy atom. The first kappa shape index (κ1) is 13.0. The Balaban J connectivity index is 1.84. The molecule has 1 aliphatic rings. The van der Waals surface area contributed by atoms with Gasteiger partial charge in [0.05, 0.1) is 12.3 Å². The van der Waals surface area contributed by atoms with Crippen LogP contribution in [0, 0.1) is 5.92 Å². The fourth-order valence-electron chi connectivity index (χ4n) is 2.12. The molecule has 1 saturated carbocycles. The first-order valence-corrected chi connectivity index (χ1v) is 7.20. The third-order valence-electron chi connectivity index (χ3n) is 3.47. The average Bonchev–Trinajstić information content (AvgIpc) is 3.17. The minimum absolute atomic E-state index is 0.533. The van der Waals surface area contributed by atoms with E-state index < -0.39 is 0 Å². The summed E-state index contributed by atoms with van der Waals surface area (Å²) in [6.07, 6.45) is 8.21. The number of hydrogen-bond donors (Lipinski definition) is 1. The molecule has 2 N–H and O–H groups in total. The molecule has 0 unspecified atom stereocenters. The van der Waals surface area contributed by atoms with Gasteiger partial charge in [-0.05, 0) is 37.3 Å². The van der Waals surface area contributed by atoms with Gasteiger partial charge in [-0.25, -0.2) is 4.98 Å². The zero-order valence-corrected chi connectivity index (χ0v) is 11.7. The van der Waals surface area contributed by atoms with Gasteiger partial charge in [-0.2, -0.15) is 4.98 Å². The minimum atomic E-state index is 0.533. The topological polar surface area (TPSA) is 66.0 Å². The number of aryl methyl sites for hydroxylation is 1. The monoisotopic (exact) mass is 272 g/mol. The van der Waals surface area contributed by atoms with Gasteiger partial charge in [0.25, 0.3) is 0 Å². The number of imidazole rings is 1. The van der Waals surface area contributed by atoms with E-state index in [2.05, 4.69) is 16.9 Å². The first-order valence-electron chi connectivity index (χ1n) is 7.20. The average molecular weight is 272 g/mol. The summed E-state index contributed by atoms with van der Waals surface area (Å²) >= 11 is 0. The van der Waals surface area contributed by atoms with E-state index in [-0.39, 0.29) is 0 Å². The predicted molar refractivity (Wildman–Crippen MR) is 78.0 cm³/mol. The fraction of sp³-hybridized carbons (Fsp3) is 0.467. The molecule has 2 heterocycles. The number of nitrogens with two attached hydrogens (primary N) is 1. The van der Waals surface area contributed by atoms with Gasteiger partial charge in [0, 0.05) is 18.8 Å². The zero-order valence-electron chi connectivity index (χ0n) is 11.7. The summed E-state index contributed by atoms with van der Waals surface area (Å²) in [7, 11) is 0. The number of pyridine rings is 1. The summed E-state index contributed by atoms with van der Waals surface area (Å²) in [5, 5.41) is 0. The van der Waals surface area contributed by atoms with Crippen LogP contribution in [0.1, 0.15) is 32.0 Å². The van der Waals surface area contributed by atoms with E-state index in [9.17, 15) is 0 Å². The van der Waals surface area contributed by atoms with E-state index in [1.165, 1.54) is 12.8 Å². The van der Waals surface area contributed by atoms with Crippen molar-refractivity contribution in [1.82, 2.24) is 14.5 Å². The normalized spacial score (nSPS) is 14.4. The molecule has 0 amide bonds. The lowest BCUT2D eigenvalue weighted by atomic mass is 10.3. The largest absolute Gasteiger partial charge is 0.476 e. The van der Waals surface area contributed by atoms with Crippen LogP contribution >= 0.6 is 0 Å². The highest BCUT2D eigenvalue weighted by atomic mass is 16.5. The molecule has 3 rings (SSSR count). The molecule has 0 aromatic carbocycles. The summed E-state index contributed by atoms with van der Waals surface area (Å²) in [4.78, 5) is 8.90. The number of anilines is 1. The molecule has 2 aromatic rings. The van der Waals surface area contributed by atoms with E-state index in [0.29, 0.717) is 24.1 Å². The molecule has 5 nitrogen and oxygen atoms in total. The number of rotatable bonds is 6. The smallest absolute Gasteiger partial charge is 0.239 e. The second kappa shape index (κ2) is 5.53. The summed E-state index contributed by atoms with van der Waals surface area (Å²) in [6, 6.07) is 3.75. The Kier molecular flexibility index (Phi) is 3.58.